The molecule has 1 atom stereocenters. The molecule has 0 aliphatic rings. The summed E-state index contributed by atoms with van der Waals surface area (Å²) in [6.45, 7) is 1.64. The van der Waals surface area contributed by atoms with Crippen LogP contribution in [0, 0.1) is 11.6 Å². The molecule has 2 rings (SSSR count). The maximum absolute atomic E-state index is 13.5. The van der Waals surface area contributed by atoms with Crippen LogP contribution >= 0.6 is 11.3 Å². The quantitative estimate of drug-likeness (QED) is 0.943. The number of thiophene rings is 1. The average Bonchev–Trinajstić information content (AvgIpc) is 2.85. The summed E-state index contributed by atoms with van der Waals surface area (Å²) >= 11 is 1.38. The van der Waals surface area contributed by atoms with E-state index in [2.05, 4.69) is 4.72 Å². The molecule has 0 spiro atoms. The summed E-state index contributed by atoms with van der Waals surface area (Å²) in [7, 11) is -4.10. The Kier molecular flexibility index (Phi) is 3.98. The zero-order chi connectivity index (χ0) is 14.0. The largest absolute Gasteiger partial charge is 0.244 e. The lowest BCUT2D eigenvalue weighted by molar-refractivity contribution is 0.539. The Balaban J connectivity index is 2.30. The van der Waals surface area contributed by atoms with E-state index in [4.69, 9.17) is 0 Å². The SMILES string of the molecule is C[C@@H](NS(=O)(=O)c1cc(F)ccc1F)c1cccs1. The van der Waals surface area contributed by atoms with Gasteiger partial charge in [-0.05, 0) is 36.6 Å². The van der Waals surface area contributed by atoms with E-state index in [1.807, 2.05) is 5.38 Å². The fraction of sp³-hybridized carbons (Fsp3) is 0.167. The molecule has 102 valence electrons. The van der Waals surface area contributed by atoms with Gasteiger partial charge in [0.05, 0.1) is 6.04 Å². The molecule has 0 radical (unpaired) electrons. The summed E-state index contributed by atoms with van der Waals surface area (Å²) in [4.78, 5) is 0.108. The van der Waals surface area contributed by atoms with Crippen molar-refractivity contribution in [2.45, 2.75) is 17.9 Å². The predicted molar refractivity (Wildman–Crippen MR) is 69.4 cm³/mol. The lowest BCUT2D eigenvalue weighted by Crippen LogP contribution is -2.27. The standard InChI is InChI=1S/C12H11F2NO2S2/c1-8(11-3-2-6-18-11)15-19(16,17)12-7-9(13)4-5-10(12)14/h2-8,15H,1H3/t8-/m1/s1. The normalized spacial score (nSPS) is 13.4. The molecule has 0 bridgehead atoms. The van der Waals surface area contributed by atoms with Gasteiger partial charge in [0, 0.05) is 4.88 Å². The minimum atomic E-state index is -4.10. The Morgan fingerprint density at radius 1 is 1.26 bits per heavy atom. The van der Waals surface area contributed by atoms with E-state index in [-0.39, 0.29) is 0 Å². The van der Waals surface area contributed by atoms with Crippen LogP contribution in [-0.4, -0.2) is 8.42 Å². The van der Waals surface area contributed by atoms with Crippen molar-refractivity contribution in [3.63, 3.8) is 0 Å². The van der Waals surface area contributed by atoms with Crippen molar-refractivity contribution in [3.8, 4) is 0 Å². The first-order valence-corrected chi connectivity index (χ1v) is 7.77. The van der Waals surface area contributed by atoms with Crippen LogP contribution in [0.2, 0.25) is 0 Å². The molecule has 0 amide bonds. The molecule has 0 aliphatic carbocycles. The van der Waals surface area contributed by atoms with Gasteiger partial charge in [-0.25, -0.2) is 21.9 Å². The van der Waals surface area contributed by atoms with Crippen LogP contribution < -0.4 is 4.72 Å². The highest BCUT2D eigenvalue weighted by Gasteiger charge is 2.23. The molecule has 7 heteroatoms. The molecule has 0 aliphatic heterocycles. The first-order valence-electron chi connectivity index (χ1n) is 5.41. The molecular formula is C12H11F2NO2S2. The predicted octanol–water partition coefficient (Wildman–Crippen LogP) is 3.07. The smallest absolute Gasteiger partial charge is 0.207 e. The third-order valence-electron chi connectivity index (χ3n) is 2.48. The Morgan fingerprint density at radius 2 is 2.00 bits per heavy atom. The molecule has 0 saturated heterocycles. The van der Waals surface area contributed by atoms with Crippen LogP contribution in [0.15, 0.2) is 40.6 Å². The average molecular weight is 303 g/mol. The molecule has 2 aromatic rings. The highest BCUT2D eigenvalue weighted by Crippen LogP contribution is 2.22. The Bertz CT molecular complexity index is 669. The summed E-state index contributed by atoms with van der Waals surface area (Å²) < 4.78 is 52.8. The van der Waals surface area contributed by atoms with Crippen LogP contribution in [0.5, 0.6) is 0 Å². The monoisotopic (exact) mass is 303 g/mol. The second-order valence-electron chi connectivity index (χ2n) is 3.93. The summed E-state index contributed by atoms with van der Waals surface area (Å²) in [5, 5.41) is 1.81. The van der Waals surface area contributed by atoms with Gasteiger partial charge in [-0.1, -0.05) is 6.07 Å². The van der Waals surface area contributed by atoms with Gasteiger partial charge in [-0.15, -0.1) is 11.3 Å². The summed E-state index contributed by atoms with van der Waals surface area (Å²) in [5.41, 5.74) is 0. The second-order valence-corrected chi connectivity index (χ2v) is 6.59. The van der Waals surface area contributed by atoms with E-state index in [9.17, 15) is 17.2 Å². The van der Waals surface area contributed by atoms with E-state index in [1.165, 1.54) is 11.3 Å². The first-order chi connectivity index (χ1) is 8.90. The third kappa shape index (κ3) is 3.17. The first kappa shape index (κ1) is 14.1. The zero-order valence-corrected chi connectivity index (χ0v) is 11.6. The molecule has 1 aromatic carbocycles. The van der Waals surface area contributed by atoms with Crippen molar-refractivity contribution in [3.05, 3.63) is 52.2 Å². The van der Waals surface area contributed by atoms with Crippen LogP contribution in [0.25, 0.3) is 0 Å². The van der Waals surface area contributed by atoms with Gasteiger partial charge in [-0.2, -0.15) is 0 Å². The van der Waals surface area contributed by atoms with Crippen molar-refractivity contribution >= 4 is 21.4 Å². The van der Waals surface area contributed by atoms with Gasteiger partial charge in [0.25, 0.3) is 0 Å². The molecule has 3 nitrogen and oxygen atoms in total. The van der Waals surface area contributed by atoms with E-state index in [1.54, 1.807) is 19.1 Å². The molecular weight excluding hydrogens is 292 g/mol. The van der Waals surface area contributed by atoms with Crippen LogP contribution in [-0.2, 0) is 10.0 Å². The molecule has 1 aromatic heterocycles. The fourth-order valence-electron chi connectivity index (χ4n) is 1.58. The molecule has 19 heavy (non-hydrogen) atoms. The van der Waals surface area contributed by atoms with Gasteiger partial charge in [0.15, 0.2) is 0 Å². The van der Waals surface area contributed by atoms with Crippen molar-refractivity contribution in [1.82, 2.24) is 4.72 Å². The van der Waals surface area contributed by atoms with Gasteiger partial charge >= 0.3 is 0 Å². The number of sulfonamides is 1. The molecule has 1 heterocycles. The lowest BCUT2D eigenvalue weighted by Gasteiger charge is -2.13. The van der Waals surface area contributed by atoms with E-state index < -0.39 is 32.6 Å². The minimum Gasteiger partial charge on any atom is -0.207 e. The maximum atomic E-state index is 13.5. The van der Waals surface area contributed by atoms with Crippen molar-refractivity contribution < 1.29 is 17.2 Å². The highest BCUT2D eigenvalue weighted by atomic mass is 32.2. The second kappa shape index (κ2) is 5.36. The van der Waals surface area contributed by atoms with Crippen LogP contribution in [0.1, 0.15) is 17.8 Å². The highest BCUT2D eigenvalue weighted by molar-refractivity contribution is 7.89. The van der Waals surface area contributed by atoms with Gasteiger partial charge < -0.3 is 0 Å². The van der Waals surface area contributed by atoms with Gasteiger partial charge in [-0.3, -0.25) is 0 Å². The topological polar surface area (TPSA) is 46.2 Å². The fourth-order valence-corrected chi connectivity index (χ4v) is 3.70. The summed E-state index contributed by atoms with van der Waals surface area (Å²) in [6.07, 6.45) is 0. The maximum Gasteiger partial charge on any atom is 0.244 e. The number of hydrogen-bond donors (Lipinski definition) is 1. The Hall–Kier alpha value is -1.31. The number of halogens is 2. The summed E-state index contributed by atoms with van der Waals surface area (Å²) in [5.74, 6) is -1.78. The van der Waals surface area contributed by atoms with Crippen LogP contribution in [0.4, 0.5) is 8.78 Å². The van der Waals surface area contributed by atoms with Gasteiger partial charge in [0.2, 0.25) is 10.0 Å². The lowest BCUT2D eigenvalue weighted by atomic mass is 10.3. The van der Waals surface area contributed by atoms with E-state index in [0.717, 1.165) is 17.0 Å². The van der Waals surface area contributed by atoms with E-state index in [0.29, 0.717) is 6.07 Å². The van der Waals surface area contributed by atoms with Crippen molar-refractivity contribution in [2.75, 3.05) is 0 Å². The summed E-state index contributed by atoms with van der Waals surface area (Å²) in [6, 6.07) is 5.37. The zero-order valence-electron chi connectivity index (χ0n) is 9.93. The number of nitrogens with one attached hydrogen (secondary N) is 1. The van der Waals surface area contributed by atoms with Crippen molar-refractivity contribution in [2.24, 2.45) is 0 Å². The minimum absolute atomic E-state index is 0.507. The third-order valence-corrected chi connectivity index (χ3v) is 5.10. The molecule has 0 saturated carbocycles. The Morgan fingerprint density at radius 3 is 2.63 bits per heavy atom. The number of benzene rings is 1. The van der Waals surface area contributed by atoms with Gasteiger partial charge in [0.1, 0.15) is 16.5 Å². The van der Waals surface area contributed by atoms with E-state index >= 15 is 0 Å². The number of rotatable bonds is 4. The number of hydrogen-bond acceptors (Lipinski definition) is 3. The molecule has 1 N–H and O–H groups in total. The molecule has 0 unspecified atom stereocenters. The molecule has 0 fully saturated rings. The Labute approximate surface area is 114 Å². The van der Waals surface area contributed by atoms with Crippen molar-refractivity contribution in [1.29, 1.82) is 0 Å². The van der Waals surface area contributed by atoms with Crippen LogP contribution in [0.3, 0.4) is 0 Å².